The van der Waals surface area contributed by atoms with Crippen molar-refractivity contribution in [3.63, 3.8) is 0 Å². The number of benzene rings is 1. The molecule has 0 radical (unpaired) electrons. The number of Topliss-reactive ketones (excluding diaryl/α,β-unsaturated/α-hetero) is 1. The topological polar surface area (TPSA) is 118 Å². The summed E-state index contributed by atoms with van der Waals surface area (Å²) in [5.41, 5.74) is 6.20. The molecule has 3 atom stereocenters. The van der Waals surface area contributed by atoms with Crippen molar-refractivity contribution in [1.82, 2.24) is 4.90 Å². The molecule has 134 valence electrons. The summed E-state index contributed by atoms with van der Waals surface area (Å²) < 4.78 is 0. The van der Waals surface area contributed by atoms with Gasteiger partial charge in [0.2, 0.25) is 11.0 Å². The van der Waals surface area contributed by atoms with E-state index in [0.29, 0.717) is 5.56 Å². The lowest BCUT2D eigenvalue weighted by Gasteiger charge is -2.24. The third kappa shape index (κ3) is 4.62. The molecule has 3 N–H and O–H groups in total. The van der Waals surface area contributed by atoms with Gasteiger partial charge in [0, 0.05) is 11.3 Å². The van der Waals surface area contributed by atoms with Gasteiger partial charge in [0.1, 0.15) is 12.1 Å². The Morgan fingerprint density at radius 2 is 1.92 bits per heavy atom. The van der Waals surface area contributed by atoms with Crippen LogP contribution in [0.2, 0.25) is 0 Å². The molecule has 1 fully saturated rings. The minimum atomic E-state index is -1.48. The second-order valence-electron chi connectivity index (χ2n) is 5.46. The van der Waals surface area contributed by atoms with Crippen molar-refractivity contribution in [3.05, 3.63) is 35.9 Å². The number of hydrogen-bond acceptors (Lipinski definition) is 7. The van der Waals surface area contributed by atoms with Crippen LogP contribution < -0.4 is 5.73 Å². The molecule has 9 heteroatoms. The fourth-order valence-corrected chi connectivity index (χ4v) is 4.29. The van der Waals surface area contributed by atoms with Crippen LogP contribution >= 0.6 is 23.5 Å². The summed E-state index contributed by atoms with van der Waals surface area (Å²) in [6.07, 6.45) is 0. The van der Waals surface area contributed by atoms with E-state index in [-0.39, 0.29) is 16.7 Å². The Morgan fingerprint density at radius 1 is 1.28 bits per heavy atom. The highest BCUT2D eigenvalue weighted by Crippen LogP contribution is 2.23. The molecule has 1 aromatic rings. The van der Waals surface area contributed by atoms with Crippen LogP contribution in [0.5, 0.6) is 0 Å². The zero-order valence-corrected chi connectivity index (χ0v) is 15.1. The molecule has 25 heavy (non-hydrogen) atoms. The summed E-state index contributed by atoms with van der Waals surface area (Å²) in [7, 11) is 0. The van der Waals surface area contributed by atoms with Crippen LogP contribution in [0, 0.1) is 0 Å². The summed E-state index contributed by atoms with van der Waals surface area (Å²) in [5, 5.41) is 8.02. The Kier molecular flexibility index (Phi) is 6.63. The highest BCUT2D eigenvalue weighted by atomic mass is 32.2. The lowest BCUT2D eigenvalue weighted by molar-refractivity contribution is -0.149. The number of hydrogen-bond donors (Lipinski definition) is 2. The summed E-state index contributed by atoms with van der Waals surface area (Å²) in [6.45, 7) is 1.51. The molecule has 1 aliphatic heterocycles. The maximum atomic E-state index is 12.4. The molecule has 1 amide bonds. The number of aliphatic carboxylic acids is 1. The summed E-state index contributed by atoms with van der Waals surface area (Å²) in [5.74, 6) is -2.00. The monoisotopic (exact) mass is 382 g/mol. The first kappa shape index (κ1) is 19.5. The molecule has 1 heterocycles. The Labute approximate surface area is 153 Å². The molecule has 1 aliphatic rings. The second kappa shape index (κ2) is 8.50. The van der Waals surface area contributed by atoms with Gasteiger partial charge >= 0.3 is 5.97 Å². The van der Waals surface area contributed by atoms with Gasteiger partial charge in [-0.25, -0.2) is 4.79 Å². The van der Waals surface area contributed by atoms with E-state index >= 15 is 0 Å². The average Bonchev–Trinajstić information content (AvgIpc) is 3.10. The summed E-state index contributed by atoms with van der Waals surface area (Å²) in [6, 6.07) is 6.01. The maximum absolute atomic E-state index is 12.4. The number of thioether (sulfide) groups is 2. The predicted molar refractivity (Wildman–Crippen MR) is 96.4 cm³/mol. The first-order valence-corrected chi connectivity index (χ1v) is 9.52. The van der Waals surface area contributed by atoms with Gasteiger partial charge in [-0.05, 0) is 6.92 Å². The standard InChI is InChI=1S/C16H18N2O5S2/c1-9(25-16(23)10-5-3-2-4-6-10)13(19)12(17)14(20)18-8-24-7-11(18)15(21)22/h2-6,9,11-12H,7-8,17H2,1H3,(H,21,22). The van der Waals surface area contributed by atoms with Crippen LogP contribution in [-0.4, -0.2) is 61.7 Å². The number of rotatable bonds is 6. The van der Waals surface area contributed by atoms with Crippen LogP contribution in [-0.2, 0) is 14.4 Å². The van der Waals surface area contributed by atoms with E-state index in [1.165, 1.54) is 18.7 Å². The van der Waals surface area contributed by atoms with Crippen LogP contribution in [0.1, 0.15) is 17.3 Å². The largest absolute Gasteiger partial charge is 0.480 e. The van der Waals surface area contributed by atoms with Crippen molar-refractivity contribution < 1.29 is 24.3 Å². The number of nitrogens with two attached hydrogens (primary N) is 1. The second-order valence-corrected chi connectivity index (χ2v) is 7.77. The van der Waals surface area contributed by atoms with Gasteiger partial charge < -0.3 is 15.7 Å². The normalized spacial score (nSPS) is 19.3. The molecule has 2 rings (SSSR count). The molecule has 0 spiro atoms. The maximum Gasteiger partial charge on any atom is 0.327 e. The van der Waals surface area contributed by atoms with Gasteiger partial charge in [-0.15, -0.1) is 11.8 Å². The Hall–Kier alpha value is -1.84. The molecular weight excluding hydrogens is 364 g/mol. The lowest BCUT2D eigenvalue weighted by Crippen LogP contribution is -2.53. The van der Waals surface area contributed by atoms with Crippen LogP contribution in [0.25, 0.3) is 0 Å². The average molecular weight is 382 g/mol. The molecule has 1 aromatic carbocycles. The molecule has 1 saturated heterocycles. The molecule has 0 aliphatic carbocycles. The molecular formula is C16H18N2O5S2. The highest BCUT2D eigenvalue weighted by Gasteiger charge is 2.39. The quantitative estimate of drug-likeness (QED) is 0.695. The zero-order chi connectivity index (χ0) is 18.6. The van der Waals surface area contributed by atoms with Crippen molar-refractivity contribution in [2.45, 2.75) is 24.3 Å². The predicted octanol–water partition coefficient (Wildman–Crippen LogP) is 0.831. The minimum absolute atomic E-state index is 0.182. The number of carbonyl (C=O) groups excluding carboxylic acids is 3. The Morgan fingerprint density at radius 3 is 2.52 bits per heavy atom. The number of carboxylic acid groups (broad SMARTS) is 1. The zero-order valence-electron chi connectivity index (χ0n) is 13.5. The van der Waals surface area contributed by atoms with Crippen LogP contribution in [0.4, 0.5) is 0 Å². The fourth-order valence-electron chi connectivity index (χ4n) is 2.28. The first-order valence-electron chi connectivity index (χ1n) is 7.49. The Bertz CT molecular complexity index is 682. The number of ketones is 1. The van der Waals surface area contributed by atoms with Crippen molar-refractivity contribution in [1.29, 1.82) is 0 Å². The number of amides is 1. The van der Waals surface area contributed by atoms with Crippen molar-refractivity contribution >= 4 is 46.3 Å². The van der Waals surface area contributed by atoms with E-state index in [1.807, 2.05) is 0 Å². The van der Waals surface area contributed by atoms with E-state index in [9.17, 15) is 19.2 Å². The van der Waals surface area contributed by atoms with Gasteiger partial charge in [-0.3, -0.25) is 14.4 Å². The molecule has 0 aromatic heterocycles. The van der Waals surface area contributed by atoms with Gasteiger partial charge in [0.25, 0.3) is 0 Å². The van der Waals surface area contributed by atoms with Gasteiger partial charge in [0.05, 0.1) is 11.1 Å². The van der Waals surface area contributed by atoms with Crippen molar-refractivity contribution in [2.75, 3.05) is 11.6 Å². The third-order valence-electron chi connectivity index (χ3n) is 3.72. The van der Waals surface area contributed by atoms with Gasteiger partial charge in [-0.1, -0.05) is 42.1 Å². The fraction of sp³-hybridized carbons (Fsp3) is 0.375. The third-order valence-corrected chi connectivity index (χ3v) is 5.76. The van der Waals surface area contributed by atoms with Gasteiger partial charge in [-0.2, -0.15) is 0 Å². The minimum Gasteiger partial charge on any atom is -0.480 e. The van der Waals surface area contributed by atoms with Gasteiger partial charge in [0.15, 0.2) is 5.78 Å². The number of nitrogens with zero attached hydrogens (tertiary/aromatic N) is 1. The smallest absolute Gasteiger partial charge is 0.327 e. The molecule has 0 saturated carbocycles. The lowest BCUT2D eigenvalue weighted by atomic mass is 10.1. The molecule has 3 unspecified atom stereocenters. The highest BCUT2D eigenvalue weighted by molar-refractivity contribution is 8.15. The van der Waals surface area contributed by atoms with Crippen LogP contribution in [0.15, 0.2) is 30.3 Å². The molecule has 7 nitrogen and oxygen atoms in total. The first-order chi connectivity index (χ1) is 11.8. The van der Waals surface area contributed by atoms with Crippen molar-refractivity contribution in [2.24, 2.45) is 5.73 Å². The van der Waals surface area contributed by atoms with Crippen LogP contribution in [0.3, 0.4) is 0 Å². The van der Waals surface area contributed by atoms with E-state index in [4.69, 9.17) is 10.8 Å². The number of carboxylic acids is 1. The molecule has 0 bridgehead atoms. The number of carbonyl (C=O) groups is 4. The van der Waals surface area contributed by atoms with E-state index in [0.717, 1.165) is 16.7 Å². The summed E-state index contributed by atoms with van der Waals surface area (Å²) >= 11 is 2.09. The van der Waals surface area contributed by atoms with E-state index < -0.39 is 35.0 Å². The van der Waals surface area contributed by atoms with E-state index in [2.05, 4.69) is 0 Å². The SMILES string of the molecule is CC(SC(=O)c1ccccc1)C(=O)C(N)C(=O)N1CSCC1C(=O)O. The Balaban J connectivity index is 2.00. The summed E-state index contributed by atoms with van der Waals surface area (Å²) in [4.78, 5) is 49.2. The van der Waals surface area contributed by atoms with E-state index in [1.54, 1.807) is 30.3 Å². The van der Waals surface area contributed by atoms with Crippen molar-refractivity contribution in [3.8, 4) is 0 Å².